The van der Waals surface area contributed by atoms with Crippen LogP contribution in [0.15, 0.2) is 78.0 Å². The van der Waals surface area contributed by atoms with E-state index in [1.54, 1.807) is 10.9 Å². The van der Waals surface area contributed by atoms with Gasteiger partial charge in [-0.15, -0.1) is 0 Å². The van der Waals surface area contributed by atoms with Crippen molar-refractivity contribution in [3.8, 4) is 16.9 Å². The van der Waals surface area contributed by atoms with E-state index in [-0.39, 0.29) is 5.69 Å². The Morgan fingerprint density at radius 2 is 1.86 bits per heavy atom. The molecule has 4 N–H and O–H groups in total. The smallest absolute Gasteiger partial charge is 0.332 e. The second-order valence-electron chi connectivity index (χ2n) is 8.95. The van der Waals surface area contributed by atoms with Gasteiger partial charge in [-0.2, -0.15) is 0 Å². The number of rotatable bonds is 6. The van der Waals surface area contributed by atoms with Gasteiger partial charge in [0.1, 0.15) is 5.82 Å². The molecule has 7 heteroatoms. The molecule has 35 heavy (non-hydrogen) atoms. The van der Waals surface area contributed by atoms with Crippen molar-refractivity contribution in [2.45, 2.75) is 20.3 Å². The summed E-state index contributed by atoms with van der Waals surface area (Å²) in [5, 5.41) is 4.73. The molecule has 3 heterocycles. The van der Waals surface area contributed by atoms with Crippen LogP contribution in [0.2, 0.25) is 0 Å². The Morgan fingerprint density at radius 3 is 2.74 bits per heavy atom. The van der Waals surface area contributed by atoms with E-state index in [0.29, 0.717) is 12.4 Å². The van der Waals surface area contributed by atoms with Gasteiger partial charge in [0, 0.05) is 29.2 Å². The van der Waals surface area contributed by atoms with Crippen molar-refractivity contribution in [1.29, 1.82) is 0 Å². The molecule has 0 aliphatic rings. The minimum Gasteiger partial charge on any atom is -0.369 e. The summed E-state index contributed by atoms with van der Waals surface area (Å²) < 4.78 is 1.74. The maximum absolute atomic E-state index is 13.3. The summed E-state index contributed by atoms with van der Waals surface area (Å²) in [6.45, 7) is 4.84. The Balaban J connectivity index is 1.41. The molecule has 174 valence electrons. The fourth-order valence-electron chi connectivity index (χ4n) is 4.87. The number of aryl methyl sites for hydroxylation is 2. The molecule has 0 saturated carbocycles. The molecule has 3 aromatic heterocycles. The maximum atomic E-state index is 13.3. The molecule has 0 spiro atoms. The zero-order valence-electron chi connectivity index (χ0n) is 19.6. The Labute approximate surface area is 201 Å². The lowest BCUT2D eigenvalue weighted by Gasteiger charge is -2.14. The van der Waals surface area contributed by atoms with Crippen LogP contribution in [-0.2, 0) is 6.42 Å². The number of aromatic amines is 3. The van der Waals surface area contributed by atoms with Crippen LogP contribution in [0, 0.1) is 13.8 Å². The number of anilines is 1. The maximum Gasteiger partial charge on any atom is 0.332 e. The van der Waals surface area contributed by atoms with E-state index in [0.717, 1.165) is 45.5 Å². The molecule has 3 aromatic carbocycles. The summed E-state index contributed by atoms with van der Waals surface area (Å²) in [6, 6.07) is 20.4. The van der Waals surface area contributed by atoms with Crippen LogP contribution >= 0.6 is 0 Å². The fourth-order valence-corrected chi connectivity index (χ4v) is 4.87. The van der Waals surface area contributed by atoms with E-state index < -0.39 is 0 Å². The van der Waals surface area contributed by atoms with Gasteiger partial charge in [-0.05, 0) is 55.7 Å². The van der Waals surface area contributed by atoms with E-state index in [2.05, 4.69) is 81.7 Å². The number of nitrogens with zero attached hydrogens (tertiary/aromatic N) is 2. The van der Waals surface area contributed by atoms with E-state index in [1.165, 1.54) is 16.5 Å². The molecule has 0 saturated heterocycles. The average molecular weight is 463 g/mol. The monoisotopic (exact) mass is 462 g/mol. The van der Waals surface area contributed by atoms with Gasteiger partial charge in [-0.25, -0.2) is 9.78 Å². The van der Waals surface area contributed by atoms with E-state index in [1.807, 2.05) is 24.3 Å². The Morgan fingerprint density at radius 1 is 0.971 bits per heavy atom. The van der Waals surface area contributed by atoms with Gasteiger partial charge in [0.15, 0.2) is 0 Å². The third kappa shape index (κ3) is 3.71. The SMILES string of the molecule is Cc1ccc(-c2c(NCCc3c[nH]c4ccccc34)[nH]c(=O)n2-c2ccc3nc[nH]c3c2)c(C)c1. The van der Waals surface area contributed by atoms with E-state index in [4.69, 9.17) is 0 Å². The first-order valence-corrected chi connectivity index (χ1v) is 11.7. The van der Waals surface area contributed by atoms with Gasteiger partial charge >= 0.3 is 5.69 Å². The minimum absolute atomic E-state index is 0.187. The molecule has 0 aliphatic heterocycles. The number of para-hydroxylation sites is 1. The summed E-state index contributed by atoms with van der Waals surface area (Å²) in [5.41, 5.74) is 8.84. The van der Waals surface area contributed by atoms with Crippen LogP contribution in [0.5, 0.6) is 0 Å². The van der Waals surface area contributed by atoms with E-state index in [9.17, 15) is 4.79 Å². The minimum atomic E-state index is -0.187. The Kier molecular flexibility index (Phi) is 5.03. The summed E-state index contributed by atoms with van der Waals surface area (Å²) in [4.78, 5) is 27.1. The van der Waals surface area contributed by atoms with Crippen LogP contribution < -0.4 is 11.0 Å². The third-order valence-corrected chi connectivity index (χ3v) is 6.57. The number of hydrogen-bond acceptors (Lipinski definition) is 3. The number of nitrogens with one attached hydrogen (secondary N) is 4. The van der Waals surface area contributed by atoms with Crippen molar-refractivity contribution >= 4 is 27.8 Å². The van der Waals surface area contributed by atoms with Gasteiger partial charge in [0.2, 0.25) is 0 Å². The number of fused-ring (bicyclic) bond motifs is 2. The predicted octanol–water partition coefficient (Wildman–Crippen LogP) is 5.46. The molecule has 6 aromatic rings. The lowest BCUT2D eigenvalue weighted by atomic mass is 10.0. The number of benzene rings is 3. The molecule has 0 unspecified atom stereocenters. The molecule has 6 rings (SSSR count). The zero-order valence-corrected chi connectivity index (χ0v) is 19.6. The van der Waals surface area contributed by atoms with Crippen molar-refractivity contribution in [1.82, 2.24) is 24.5 Å². The number of imidazole rings is 2. The van der Waals surface area contributed by atoms with Crippen molar-refractivity contribution in [2.75, 3.05) is 11.9 Å². The van der Waals surface area contributed by atoms with Crippen molar-refractivity contribution < 1.29 is 0 Å². The van der Waals surface area contributed by atoms with Crippen molar-refractivity contribution in [3.63, 3.8) is 0 Å². The zero-order chi connectivity index (χ0) is 23.9. The first-order chi connectivity index (χ1) is 17.1. The topological polar surface area (TPSA) is 94.3 Å². The third-order valence-electron chi connectivity index (χ3n) is 6.57. The van der Waals surface area contributed by atoms with E-state index >= 15 is 0 Å². The highest BCUT2D eigenvalue weighted by Crippen LogP contribution is 2.32. The largest absolute Gasteiger partial charge is 0.369 e. The second kappa shape index (κ2) is 8.36. The molecule has 0 amide bonds. The first kappa shape index (κ1) is 21.0. The quantitative estimate of drug-likeness (QED) is 0.265. The van der Waals surface area contributed by atoms with Crippen LogP contribution in [0.3, 0.4) is 0 Å². The molecule has 0 radical (unpaired) electrons. The molecular formula is C28H26N6O. The molecular weight excluding hydrogens is 436 g/mol. The van der Waals surface area contributed by atoms with Gasteiger partial charge in [-0.1, -0.05) is 42.0 Å². The van der Waals surface area contributed by atoms with Crippen molar-refractivity contribution in [3.05, 3.63) is 100 Å². The molecule has 7 nitrogen and oxygen atoms in total. The summed E-state index contributed by atoms with van der Waals surface area (Å²) in [5.74, 6) is 0.714. The molecule has 0 atom stereocenters. The lowest BCUT2D eigenvalue weighted by molar-refractivity contribution is 0.991. The van der Waals surface area contributed by atoms with Crippen LogP contribution in [-0.4, -0.2) is 31.0 Å². The predicted molar refractivity (Wildman–Crippen MR) is 141 cm³/mol. The second-order valence-corrected chi connectivity index (χ2v) is 8.95. The molecule has 0 fully saturated rings. The van der Waals surface area contributed by atoms with Crippen molar-refractivity contribution in [2.24, 2.45) is 0 Å². The summed E-state index contributed by atoms with van der Waals surface area (Å²) in [6.07, 6.45) is 4.55. The summed E-state index contributed by atoms with van der Waals surface area (Å²) >= 11 is 0. The van der Waals surface area contributed by atoms with Gasteiger partial charge in [-0.3, -0.25) is 9.55 Å². The summed E-state index contributed by atoms with van der Waals surface area (Å²) in [7, 11) is 0. The lowest BCUT2D eigenvalue weighted by Crippen LogP contribution is -2.15. The number of aromatic nitrogens is 5. The fraction of sp³-hybridized carbons (Fsp3) is 0.143. The van der Waals surface area contributed by atoms with Crippen LogP contribution in [0.1, 0.15) is 16.7 Å². The highest BCUT2D eigenvalue weighted by atomic mass is 16.1. The first-order valence-electron chi connectivity index (χ1n) is 11.7. The number of hydrogen-bond donors (Lipinski definition) is 4. The average Bonchev–Trinajstić information content (AvgIpc) is 3.56. The Hall–Kier alpha value is -4.52. The standard InChI is InChI=1S/C28H26N6O/c1-17-7-9-21(18(2)13-17)26-27(29-12-11-19-15-30-23-6-4-3-5-22(19)23)33-28(35)34(26)20-8-10-24-25(14-20)32-16-31-24/h3-10,13-16,29-30H,11-12H2,1-2H3,(H,31,32)(H,33,35). The Bertz CT molecular complexity index is 1730. The number of H-pyrrole nitrogens is 3. The highest BCUT2D eigenvalue weighted by Gasteiger charge is 2.19. The van der Waals surface area contributed by atoms with Gasteiger partial charge in [0.25, 0.3) is 0 Å². The van der Waals surface area contributed by atoms with Crippen LogP contribution in [0.25, 0.3) is 38.9 Å². The molecule has 0 aliphatic carbocycles. The van der Waals surface area contributed by atoms with Crippen LogP contribution in [0.4, 0.5) is 5.82 Å². The van der Waals surface area contributed by atoms with Gasteiger partial charge in [0.05, 0.1) is 28.7 Å². The van der Waals surface area contributed by atoms with Gasteiger partial charge < -0.3 is 15.3 Å². The highest BCUT2D eigenvalue weighted by molar-refractivity contribution is 5.83. The molecule has 0 bridgehead atoms. The normalized spacial score (nSPS) is 11.5.